The van der Waals surface area contributed by atoms with E-state index in [1.165, 1.54) is 11.1 Å². The minimum Gasteiger partial charge on any atom is -0.509 e. The fourth-order valence-electron chi connectivity index (χ4n) is 3.46. The molecule has 0 spiro atoms. The highest BCUT2D eigenvalue weighted by molar-refractivity contribution is 6.30. The van der Waals surface area contributed by atoms with Crippen LogP contribution in [0.3, 0.4) is 0 Å². The number of anilines is 1. The molecule has 26 heavy (non-hydrogen) atoms. The lowest BCUT2D eigenvalue weighted by atomic mass is 10.1. The van der Waals surface area contributed by atoms with Crippen molar-refractivity contribution in [2.75, 3.05) is 11.4 Å². The molecule has 0 radical (unpaired) electrons. The summed E-state index contributed by atoms with van der Waals surface area (Å²) in [6, 6.07) is 12.2. The summed E-state index contributed by atoms with van der Waals surface area (Å²) in [5, 5.41) is 19.3. The van der Waals surface area contributed by atoms with Gasteiger partial charge in [-0.2, -0.15) is 0 Å². The van der Waals surface area contributed by atoms with Crippen LogP contribution in [0.1, 0.15) is 22.5 Å². The van der Waals surface area contributed by atoms with E-state index in [1.807, 2.05) is 53.8 Å². The zero-order valence-corrected chi connectivity index (χ0v) is 15.5. The predicted octanol–water partition coefficient (Wildman–Crippen LogP) is 4.27. The molecule has 1 aliphatic rings. The summed E-state index contributed by atoms with van der Waals surface area (Å²) in [6.45, 7) is 6.44. The molecule has 0 aliphatic carbocycles. The van der Waals surface area contributed by atoms with Crippen molar-refractivity contribution in [2.45, 2.75) is 20.8 Å². The Bertz CT molecular complexity index is 1090. The molecule has 2 heterocycles. The zero-order chi connectivity index (χ0) is 18.6. The quantitative estimate of drug-likeness (QED) is 0.728. The molecule has 0 fully saturated rings. The van der Waals surface area contributed by atoms with Gasteiger partial charge in [0.2, 0.25) is 0 Å². The van der Waals surface area contributed by atoms with Gasteiger partial charge in [0.25, 0.3) is 0 Å². The Kier molecular flexibility index (Phi) is 3.61. The number of amidine groups is 1. The molecule has 0 unspecified atom stereocenters. The van der Waals surface area contributed by atoms with Crippen LogP contribution >= 0.6 is 0 Å². The van der Waals surface area contributed by atoms with Gasteiger partial charge in [-0.25, -0.2) is 4.98 Å². The smallest absolute Gasteiger partial charge is 0.148 e. The van der Waals surface area contributed by atoms with Crippen molar-refractivity contribution in [1.82, 2.24) is 9.55 Å². The van der Waals surface area contributed by atoms with Gasteiger partial charge >= 0.3 is 0 Å². The Hall–Kier alpha value is -3.08. The molecule has 3 aromatic rings. The Morgan fingerprint density at radius 3 is 2.54 bits per heavy atom. The van der Waals surface area contributed by atoms with Crippen LogP contribution in [0.25, 0.3) is 16.6 Å². The van der Waals surface area contributed by atoms with Crippen molar-refractivity contribution in [1.29, 1.82) is 5.41 Å². The summed E-state index contributed by atoms with van der Waals surface area (Å²) in [7, 11) is 1.92. The van der Waals surface area contributed by atoms with E-state index >= 15 is 0 Å². The van der Waals surface area contributed by atoms with Gasteiger partial charge in [-0.3, -0.25) is 5.41 Å². The van der Waals surface area contributed by atoms with Crippen molar-refractivity contribution in [3.05, 3.63) is 64.7 Å². The van der Waals surface area contributed by atoms with Gasteiger partial charge in [0.1, 0.15) is 17.4 Å². The Balaban J connectivity index is 1.78. The maximum absolute atomic E-state index is 10.6. The summed E-state index contributed by atoms with van der Waals surface area (Å²) >= 11 is 0. The lowest BCUT2D eigenvalue weighted by Crippen LogP contribution is -2.26. The standard InChI is InChI=1S/C21H22N4O/c1-12-5-8-17-16(9-12)23-21(24(17)4)19-18(26)11-25(20(19)22)15-7-6-13(2)14(3)10-15/h5-10,22,26H,11H2,1-4H3. The molecule has 1 aliphatic heterocycles. The van der Waals surface area contributed by atoms with Gasteiger partial charge in [-0.1, -0.05) is 12.1 Å². The first-order valence-corrected chi connectivity index (χ1v) is 8.66. The molecule has 2 N–H and O–H groups in total. The summed E-state index contributed by atoms with van der Waals surface area (Å²) in [5.41, 5.74) is 6.79. The van der Waals surface area contributed by atoms with E-state index in [0.717, 1.165) is 22.3 Å². The van der Waals surface area contributed by atoms with Crippen LogP contribution < -0.4 is 4.90 Å². The monoisotopic (exact) mass is 346 g/mol. The Morgan fingerprint density at radius 2 is 1.81 bits per heavy atom. The van der Waals surface area contributed by atoms with E-state index in [1.54, 1.807) is 0 Å². The number of hydrogen-bond donors (Lipinski definition) is 2. The number of aromatic nitrogens is 2. The van der Waals surface area contributed by atoms with Crippen LogP contribution in [0, 0.1) is 26.2 Å². The molecule has 0 atom stereocenters. The first-order chi connectivity index (χ1) is 12.4. The maximum Gasteiger partial charge on any atom is 0.148 e. The number of fused-ring (bicyclic) bond motifs is 1. The molecule has 0 amide bonds. The van der Waals surface area contributed by atoms with E-state index in [0.29, 0.717) is 17.9 Å². The van der Waals surface area contributed by atoms with Crippen LogP contribution in [0.5, 0.6) is 0 Å². The SMILES string of the molecule is Cc1ccc2c(c1)nc(C1=C(O)CN(c3ccc(C)c(C)c3)C1=N)n2C. The molecule has 0 bridgehead atoms. The molecule has 5 heteroatoms. The topological polar surface area (TPSA) is 65.1 Å². The minimum absolute atomic E-state index is 0.184. The Labute approximate surface area is 152 Å². The van der Waals surface area contributed by atoms with Gasteiger partial charge in [-0.05, 0) is 61.7 Å². The molecule has 0 saturated carbocycles. The van der Waals surface area contributed by atoms with E-state index in [-0.39, 0.29) is 11.6 Å². The highest BCUT2D eigenvalue weighted by Gasteiger charge is 2.32. The predicted molar refractivity (Wildman–Crippen MR) is 106 cm³/mol. The number of aryl methyl sites for hydroxylation is 4. The average Bonchev–Trinajstić information content (AvgIpc) is 3.06. The number of rotatable bonds is 2. The van der Waals surface area contributed by atoms with Crippen molar-refractivity contribution >= 4 is 28.1 Å². The zero-order valence-electron chi connectivity index (χ0n) is 15.5. The van der Waals surface area contributed by atoms with Gasteiger partial charge in [0.15, 0.2) is 0 Å². The third-order valence-electron chi connectivity index (χ3n) is 5.17. The number of hydrogen-bond acceptors (Lipinski definition) is 3. The first kappa shape index (κ1) is 16.4. The van der Waals surface area contributed by atoms with E-state index in [4.69, 9.17) is 10.4 Å². The molecule has 4 rings (SSSR count). The number of aliphatic hydroxyl groups excluding tert-OH is 1. The van der Waals surface area contributed by atoms with Gasteiger partial charge in [0.05, 0.1) is 23.2 Å². The number of benzene rings is 2. The van der Waals surface area contributed by atoms with Crippen molar-refractivity contribution < 1.29 is 5.11 Å². The normalized spacial score (nSPS) is 14.8. The highest BCUT2D eigenvalue weighted by atomic mass is 16.3. The van der Waals surface area contributed by atoms with Gasteiger partial charge in [-0.15, -0.1) is 0 Å². The second-order valence-corrected chi connectivity index (χ2v) is 7.01. The Morgan fingerprint density at radius 1 is 1.04 bits per heavy atom. The number of nitrogens with zero attached hydrogens (tertiary/aromatic N) is 3. The molecule has 5 nitrogen and oxygen atoms in total. The van der Waals surface area contributed by atoms with E-state index < -0.39 is 0 Å². The lowest BCUT2D eigenvalue weighted by molar-refractivity contribution is 0.411. The van der Waals surface area contributed by atoms with Crippen LogP contribution in [0.2, 0.25) is 0 Å². The molecular formula is C21H22N4O. The summed E-state index contributed by atoms with van der Waals surface area (Å²) in [5.74, 6) is 1.09. The minimum atomic E-state index is 0.184. The summed E-state index contributed by atoms with van der Waals surface area (Å²) in [4.78, 5) is 6.51. The van der Waals surface area contributed by atoms with E-state index in [2.05, 4.69) is 19.9 Å². The van der Waals surface area contributed by atoms with Gasteiger partial charge < -0.3 is 14.6 Å². The fraction of sp³-hybridized carbons (Fsp3) is 0.238. The van der Waals surface area contributed by atoms with Crippen molar-refractivity contribution in [2.24, 2.45) is 7.05 Å². The molecule has 2 aromatic carbocycles. The highest BCUT2D eigenvalue weighted by Crippen LogP contribution is 2.32. The number of nitrogens with one attached hydrogen (secondary N) is 1. The lowest BCUT2D eigenvalue weighted by Gasteiger charge is -2.20. The third kappa shape index (κ3) is 2.39. The van der Waals surface area contributed by atoms with Crippen LogP contribution in [-0.2, 0) is 7.05 Å². The first-order valence-electron chi connectivity index (χ1n) is 8.66. The van der Waals surface area contributed by atoms with Crippen LogP contribution in [0.4, 0.5) is 5.69 Å². The van der Waals surface area contributed by atoms with Crippen molar-refractivity contribution in [3.8, 4) is 0 Å². The molecule has 1 aromatic heterocycles. The van der Waals surface area contributed by atoms with Crippen LogP contribution in [-0.4, -0.2) is 27.0 Å². The second-order valence-electron chi connectivity index (χ2n) is 7.01. The summed E-state index contributed by atoms with van der Waals surface area (Å²) < 4.78 is 1.94. The van der Waals surface area contributed by atoms with Crippen molar-refractivity contribution in [3.63, 3.8) is 0 Å². The summed E-state index contributed by atoms with van der Waals surface area (Å²) in [6.07, 6.45) is 0. The number of aliphatic hydroxyl groups is 1. The molecular weight excluding hydrogens is 324 g/mol. The molecule has 0 saturated heterocycles. The largest absolute Gasteiger partial charge is 0.509 e. The number of imidazole rings is 1. The van der Waals surface area contributed by atoms with Gasteiger partial charge in [0, 0.05) is 12.7 Å². The third-order valence-corrected chi connectivity index (χ3v) is 5.17. The second kappa shape index (κ2) is 5.73. The van der Waals surface area contributed by atoms with E-state index in [9.17, 15) is 5.11 Å². The average molecular weight is 346 g/mol. The van der Waals surface area contributed by atoms with Crippen LogP contribution in [0.15, 0.2) is 42.2 Å². The molecule has 132 valence electrons. The fourth-order valence-corrected chi connectivity index (χ4v) is 3.46. The maximum atomic E-state index is 10.6.